The number of halogens is 1. The molecule has 5 nitrogen and oxygen atoms in total. The zero-order chi connectivity index (χ0) is 17.7. The summed E-state index contributed by atoms with van der Waals surface area (Å²) in [6, 6.07) is 12.3. The van der Waals surface area contributed by atoms with E-state index in [9.17, 15) is 9.59 Å². The van der Waals surface area contributed by atoms with Gasteiger partial charge >= 0.3 is 0 Å². The van der Waals surface area contributed by atoms with Gasteiger partial charge in [0, 0.05) is 17.6 Å². The van der Waals surface area contributed by atoms with E-state index in [0.29, 0.717) is 22.1 Å². The number of carbonyl (C=O) groups is 2. The van der Waals surface area contributed by atoms with Crippen molar-refractivity contribution in [2.75, 3.05) is 23.9 Å². The highest BCUT2D eigenvalue weighted by Gasteiger charge is 2.18. The molecule has 2 aromatic carbocycles. The van der Waals surface area contributed by atoms with Gasteiger partial charge in [0.2, 0.25) is 11.8 Å². The van der Waals surface area contributed by atoms with Gasteiger partial charge < -0.3 is 15.0 Å². The molecule has 2 amide bonds. The molecule has 0 unspecified atom stereocenters. The highest BCUT2D eigenvalue weighted by molar-refractivity contribution is 6.30. The lowest BCUT2D eigenvalue weighted by atomic mass is 10.1. The lowest BCUT2D eigenvalue weighted by molar-refractivity contribution is -0.120. The molecule has 0 heterocycles. The van der Waals surface area contributed by atoms with Crippen LogP contribution in [0.2, 0.25) is 5.02 Å². The van der Waals surface area contributed by atoms with Crippen LogP contribution in [0.5, 0.6) is 5.75 Å². The first-order valence-corrected chi connectivity index (χ1v) is 7.77. The van der Waals surface area contributed by atoms with Crippen molar-refractivity contribution < 1.29 is 14.3 Å². The van der Waals surface area contributed by atoms with E-state index in [0.717, 1.165) is 5.56 Å². The maximum Gasteiger partial charge on any atom is 0.244 e. The Hall–Kier alpha value is -2.53. The second-order valence-electron chi connectivity index (χ2n) is 5.28. The van der Waals surface area contributed by atoms with Crippen LogP contribution < -0.4 is 15.0 Å². The third-order valence-electron chi connectivity index (χ3n) is 3.51. The molecule has 1 N–H and O–H groups in total. The minimum atomic E-state index is -0.316. The number of nitrogens with zero attached hydrogens (tertiary/aromatic N) is 1. The molecular weight excluding hydrogens is 328 g/mol. The summed E-state index contributed by atoms with van der Waals surface area (Å²) >= 11 is 5.95. The van der Waals surface area contributed by atoms with Gasteiger partial charge in [-0.1, -0.05) is 23.7 Å². The Kier molecular flexibility index (Phi) is 5.82. The van der Waals surface area contributed by atoms with E-state index in [1.54, 1.807) is 36.4 Å². The van der Waals surface area contributed by atoms with Crippen LogP contribution in [0.1, 0.15) is 12.5 Å². The SMILES string of the molecule is COc1ccccc1NC(=O)CN(C(C)=O)c1ccc(Cl)cc1C. The number of carbonyl (C=O) groups excluding carboxylic acids is 2. The first kappa shape index (κ1) is 17.8. The zero-order valence-electron chi connectivity index (χ0n) is 13.8. The fourth-order valence-electron chi connectivity index (χ4n) is 2.37. The van der Waals surface area contributed by atoms with E-state index in [1.165, 1.54) is 18.9 Å². The summed E-state index contributed by atoms with van der Waals surface area (Å²) in [5, 5.41) is 3.35. The molecular formula is C18H19ClN2O3. The summed E-state index contributed by atoms with van der Waals surface area (Å²) in [4.78, 5) is 25.8. The van der Waals surface area contributed by atoms with Gasteiger partial charge in [-0.05, 0) is 42.8 Å². The Morgan fingerprint density at radius 1 is 1.21 bits per heavy atom. The predicted octanol–water partition coefficient (Wildman–Crippen LogP) is 3.65. The molecule has 0 spiro atoms. The molecule has 0 aliphatic carbocycles. The van der Waals surface area contributed by atoms with E-state index in [2.05, 4.69) is 5.32 Å². The second-order valence-corrected chi connectivity index (χ2v) is 5.72. The Bertz CT molecular complexity index is 762. The Labute approximate surface area is 146 Å². The lowest BCUT2D eigenvalue weighted by Crippen LogP contribution is -2.37. The van der Waals surface area contributed by atoms with E-state index < -0.39 is 0 Å². The quantitative estimate of drug-likeness (QED) is 0.899. The van der Waals surface area contributed by atoms with Gasteiger partial charge in [-0.2, -0.15) is 0 Å². The normalized spacial score (nSPS) is 10.2. The number of nitrogens with one attached hydrogen (secondary N) is 1. The van der Waals surface area contributed by atoms with Crippen molar-refractivity contribution in [3.8, 4) is 5.75 Å². The van der Waals surface area contributed by atoms with E-state index in [4.69, 9.17) is 16.3 Å². The highest BCUT2D eigenvalue weighted by atomic mass is 35.5. The molecule has 0 bridgehead atoms. The van der Waals surface area contributed by atoms with Crippen molar-refractivity contribution in [2.45, 2.75) is 13.8 Å². The average molecular weight is 347 g/mol. The van der Waals surface area contributed by atoms with Crippen molar-refractivity contribution in [3.63, 3.8) is 0 Å². The number of para-hydroxylation sites is 2. The summed E-state index contributed by atoms with van der Waals surface area (Å²) in [5.41, 5.74) is 2.03. The Morgan fingerprint density at radius 3 is 2.54 bits per heavy atom. The molecule has 0 saturated heterocycles. The summed E-state index contributed by atoms with van der Waals surface area (Å²) in [6.45, 7) is 3.16. The van der Waals surface area contributed by atoms with Crippen LogP contribution in [0.4, 0.5) is 11.4 Å². The molecule has 0 aliphatic heterocycles. The van der Waals surface area contributed by atoms with Gasteiger partial charge in [0.15, 0.2) is 0 Å². The number of benzene rings is 2. The van der Waals surface area contributed by atoms with Crippen molar-refractivity contribution in [1.82, 2.24) is 0 Å². The van der Waals surface area contributed by atoms with E-state index in [-0.39, 0.29) is 18.4 Å². The first-order valence-electron chi connectivity index (χ1n) is 7.39. The van der Waals surface area contributed by atoms with E-state index in [1.807, 2.05) is 13.0 Å². The molecule has 0 saturated carbocycles. The molecule has 0 radical (unpaired) electrons. The molecule has 2 rings (SSSR count). The van der Waals surface area contributed by atoms with Crippen LogP contribution >= 0.6 is 11.6 Å². The fourth-order valence-corrected chi connectivity index (χ4v) is 2.60. The maximum atomic E-state index is 12.4. The number of hydrogen-bond acceptors (Lipinski definition) is 3. The van der Waals surface area contributed by atoms with Crippen molar-refractivity contribution >= 4 is 34.8 Å². The highest BCUT2D eigenvalue weighted by Crippen LogP contribution is 2.25. The number of methoxy groups -OCH3 is 1. The van der Waals surface area contributed by atoms with Gasteiger partial charge in [-0.3, -0.25) is 9.59 Å². The third-order valence-corrected chi connectivity index (χ3v) is 3.75. The van der Waals surface area contributed by atoms with Crippen LogP contribution in [-0.2, 0) is 9.59 Å². The van der Waals surface area contributed by atoms with E-state index >= 15 is 0 Å². The predicted molar refractivity (Wildman–Crippen MR) is 95.8 cm³/mol. The third kappa shape index (κ3) is 4.26. The maximum absolute atomic E-state index is 12.4. The van der Waals surface area contributed by atoms with Crippen LogP contribution in [0, 0.1) is 6.92 Å². The zero-order valence-corrected chi connectivity index (χ0v) is 14.6. The summed E-state index contributed by atoms with van der Waals surface area (Å²) < 4.78 is 5.21. The largest absolute Gasteiger partial charge is 0.495 e. The molecule has 0 atom stereocenters. The smallest absolute Gasteiger partial charge is 0.244 e. The number of aryl methyl sites for hydroxylation is 1. The minimum Gasteiger partial charge on any atom is -0.495 e. The van der Waals surface area contributed by atoms with Gasteiger partial charge in [0.1, 0.15) is 12.3 Å². The molecule has 0 aromatic heterocycles. The van der Waals surface area contributed by atoms with Crippen molar-refractivity contribution in [3.05, 3.63) is 53.1 Å². The number of anilines is 2. The Morgan fingerprint density at radius 2 is 1.92 bits per heavy atom. The van der Waals surface area contributed by atoms with Crippen LogP contribution in [0.25, 0.3) is 0 Å². The summed E-state index contributed by atoms with van der Waals surface area (Å²) in [7, 11) is 1.53. The van der Waals surface area contributed by atoms with Crippen LogP contribution in [0.15, 0.2) is 42.5 Å². The molecule has 126 valence electrons. The van der Waals surface area contributed by atoms with Gasteiger partial charge in [0.25, 0.3) is 0 Å². The number of rotatable bonds is 5. The minimum absolute atomic E-state index is 0.101. The standard InChI is InChI=1S/C18H19ClN2O3/c1-12-10-14(19)8-9-16(12)21(13(2)22)11-18(23)20-15-6-4-5-7-17(15)24-3/h4-10H,11H2,1-3H3,(H,20,23). The molecule has 0 aliphatic rings. The molecule has 6 heteroatoms. The Balaban J connectivity index is 2.19. The fraction of sp³-hybridized carbons (Fsp3) is 0.222. The number of amides is 2. The monoisotopic (exact) mass is 346 g/mol. The summed E-state index contributed by atoms with van der Waals surface area (Å²) in [6.07, 6.45) is 0. The lowest BCUT2D eigenvalue weighted by Gasteiger charge is -2.23. The average Bonchev–Trinajstić information content (AvgIpc) is 2.53. The number of hydrogen-bond donors (Lipinski definition) is 1. The van der Waals surface area contributed by atoms with Gasteiger partial charge in [-0.25, -0.2) is 0 Å². The van der Waals surface area contributed by atoms with Crippen LogP contribution in [0.3, 0.4) is 0 Å². The van der Waals surface area contributed by atoms with Crippen LogP contribution in [-0.4, -0.2) is 25.5 Å². The van der Waals surface area contributed by atoms with Gasteiger partial charge in [0.05, 0.1) is 12.8 Å². The van der Waals surface area contributed by atoms with Crippen molar-refractivity contribution in [1.29, 1.82) is 0 Å². The van der Waals surface area contributed by atoms with Crippen molar-refractivity contribution in [2.24, 2.45) is 0 Å². The molecule has 24 heavy (non-hydrogen) atoms. The molecule has 0 fully saturated rings. The molecule has 2 aromatic rings. The second kappa shape index (κ2) is 7.84. The topological polar surface area (TPSA) is 58.6 Å². The number of ether oxygens (including phenoxy) is 1. The van der Waals surface area contributed by atoms with Gasteiger partial charge in [-0.15, -0.1) is 0 Å². The summed E-state index contributed by atoms with van der Waals surface area (Å²) in [5.74, 6) is 0.0162. The first-order chi connectivity index (χ1) is 11.4.